The van der Waals surface area contributed by atoms with Crippen molar-refractivity contribution in [2.24, 2.45) is 23.7 Å². The van der Waals surface area contributed by atoms with Crippen LogP contribution in [0.25, 0.3) is 0 Å². The van der Waals surface area contributed by atoms with E-state index in [1.54, 1.807) is 46.2 Å². The summed E-state index contributed by atoms with van der Waals surface area (Å²) in [5.41, 5.74) is 0. The normalized spacial score (nSPS) is 13.9. The number of carboxylic acids is 4. The van der Waals surface area contributed by atoms with Crippen molar-refractivity contribution in [2.45, 2.75) is 200 Å². The van der Waals surface area contributed by atoms with Crippen LogP contribution < -0.4 is 0 Å². The second-order valence-electron chi connectivity index (χ2n) is 16.3. The van der Waals surface area contributed by atoms with E-state index in [4.69, 9.17) is 39.4 Å². The number of unbranched alkanes of at least 4 members (excludes halogenated alkanes) is 4. The maximum atomic E-state index is 10.5. The summed E-state index contributed by atoms with van der Waals surface area (Å²) in [6.45, 7) is 16.9. The Labute approximate surface area is 452 Å². The second kappa shape index (κ2) is 64.7. The molecule has 0 fully saturated rings. The largest absolute Gasteiger partial charge is 0.481 e. The van der Waals surface area contributed by atoms with Crippen molar-refractivity contribution < 1.29 is 64.0 Å². The van der Waals surface area contributed by atoms with Gasteiger partial charge in [-0.15, -0.1) is 0 Å². The van der Waals surface area contributed by atoms with Gasteiger partial charge in [-0.05, 0) is 79.1 Å². The van der Waals surface area contributed by atoms with Gasteiger partial charge in [-0.1, -0.05) is 0 Å². The minimum absolute atomic E-state index is 0. The van der Waals surface area contributed by atoms with E-state index in [2.05, 4.69) is 78.2 Å². The minimum atomic E-state index is -0.770. The Morgan fingerprint density at radius 3 is 0.657 bits per heavy atom. The Balaban J connectivity index is -0.000000129. The molecular formula is C48H102O13S4Sn2. The molecule has 0 saturated carbocycles. The van der Waals surface area contributed by atoms with E-state index in [0.717, 1.165) is 25.7 Å². The third-order valence-electron chi connectivity index (χ3n) is 10.4. The van der Waals surface area contributed by atoms with Crippen LogP contribution in [0.2, 0.25) is 17.7 Å². The molecule has 0 aliphatic heterocycles. The molecule has 0 aliphatic rings. The van der Waals surface area contributed by atoms with Crippen LogP contribution >= 0.6 is 50.5 Å². The van der Waals surface area contributed by atoms with Gasteiger partial charge in [-0.25, -0.2) is 0 Å². The van der Waals surface area contributed by atoms with E-state index in [0.29, 0.717) is 48.7 Å². The number of rotatable bonds is 36. The average Bonchev–Trinajstić information content (AvgIpc) is 3.30. The van der Waals surface area contributed by atoms with Gasteiger partial charge in [0.1, 0.15) is 0 Å². The van der Waals surface area contributed by atoms with Crippen LogP contribution in [-0.4, -0.2) is 168 Å². The van der Waals surface area contributed by atoms with Crippen LogP contribution in [0.4, 0.5) is 0 Å². The molecule has 0 rings (SSSR count). The molecule has 404 valence electrons. The number of methoxy groups -OCH3 is 4. The van der Waals surface area contributed by atoms with Gasteiger partial charge in [-0.3, -0.25) is 19.2 Å². The van der Waals surface area contributed by atoms with Crippen molar-refractivity contribution >= 4 is 117 Å². The zero-order valence-electron chi connectivity index (χ0n) is 43.9. The first-order chi connectivity index (χ1) is 31.3. The summed E-state index contributed by atoms with van der Waals surface area (Å²) in [6, 6.07) is 0. The third-order valence-corrected chi connectivity index (χ3v) is 20.2. The predicted molar refractivity (Wildman–Crippen MR) is 297 cm³/mol. The number of hydrogen-bond donors (Lipinski definition) is 8. The van der Waals surface area contributed by atoms with Crippen molar-refractivity contribution in [1.82, 2.24) is 0 Å². The smallest absolute Gasteiger partial charge is 0.307 e. The minimum Gasteiger partial charge on any atom is -0.481 e. The van der Waals surface area contributed by atoms with Gasteiger partial charge in [0.05, 0.1) is 48.1 Å². The van der Waals surface area contributed by atoms with Gasteiger partial charge < -0.3 is 44.8 Å². The van der Waals surface area contributed by atoms with Crippen LogP contribution in [0.15, 0.2) is 0 Å². The molecule has 4 radical (unpaired) electrons. The summed E-state index contributed by atoms with van der Waals surface area (Å²) in [6.07, 6.45) is 17.8. The van der Waals surface area contributed by atoms with E-state index in [9.17, 15) is 19.2 Å². The molecule has 67 heavy (non-hydrogen) atoms. The maximum absolute atomic E-state index is 10.5. The van der Waals surface area contributed by atoms with E-state index in [1.807, 2.05) is 27.7 Å². The fourth-order valence-corrected chi connectivity index (χ4v) is 14.5. The summed E-state index contributed by atoms with van der Waals surface area (Å²) in [5.74, 6) is -2.87. The molecule has 6 N–H and O–H groups in total. The topological polar surface area (TPSA) is 218 Å². The van der Waals surface area contributed by atoms with Crippen molar-refractivity contribution in [1.29, 1.82) is 0 Å². The molecule has 19 heteroatoms. The van der Waals surface area contributed by atoms with Crippen molar-refractivity contribution in [3.8, 4) is 0 Å². The molecule has 8 atom stereocenters. The molecule has 8 unspecified atom stereocenters. The van der Waals surface area contributed by atoms with Gasteiger partial charge in [0.25, 0.3) is 0 Å². The number of hydrogen-bond acceptors (Lipinski definition) is 12. The number of aliphatic carboxylic acids is 4. The Morgan fingerprint density at radius 2 is 0.552 bits per heavy atom. The van der Waals surface area contributed by atoms with E-state index in [1.165, 1.54) is 51.4 Å². The zero-order valence-corrected chi connectivity index (χ0v) is 53.2. The first-order valence-corrected chi connectivity index (χ1v) is 34.8. The van der Waals surface area contributed by atoms with Crippen LogP contribution in [-0.2, 0) is 38.1 Å². The van der Waals surface area contributed by atoms with Crippen LogP contribution in [0.5, 0.6) is 0 Å². The SMILES string of the molecule is CCC[CH2][Sn][CH2]CCC.CCC[CH2][Sn][CH2]CCC.COC(C)CCC(CS)C(=O)O.COC(C)CCC(CS)C(=O)O.COC(C)CCC(CS)C(=O)O.COC(C)CCC(CS)C(=O)O.O. The Bertz CT molecular complexity index is 891. The molecule has 0 spiro atoms. The van der Waals surface area contributed by atoms with Crippen LogP contribution in [0, 0.1) is 23.7 Å². The fraction of sp³-hybridized carbons (Fsp3) is 0.917. The van der Waals surface area contributed by atoms with E-state index < -0.39 is 23.9 Å². The van der Waals surface area contributed by atoms with Crippen molar-refractivity contribution in [3.63, 3.8) is 0 Å². The van der Waals surface area contributed by atoms with Crippen LogP contribution in [0.1, 0.15) is 158 Å². The average molecular weight is 1250 g/mol. The summed E-state index contributed by atoms with van der Waals surface area (Å²) >= 11 is 16.2. The second-order valence-corrected chi connectivity index (χ2v) is 26.3. The number of carbonyl (C=O) groups is 4. The van der Waals surface area contributed by atoms with Crippen molar-refractivity contribution in [2.75, 3.05) is 51.5 Å². The van der Waals surface area contributed by atoms with E-state index >= 15 is 0 Å². The Morgan fingerprint density at radius 1 is 0.388 bits per heavy atom. The first-order valence-electron chi connectivity index (χ1n) is 24.2. The molecule has 0 aromatic carbocycles. The molecule has 0 bridgehead atoms. The molecule has 0 heterocycles. The van der Waals surface area contributed by atoms with Crippen molar-refractivity contribution in [3.05, 3.63) is 0 Å². The maximum Gasteiger partial charge on any atom is 0.307 e. The van der Waals surface area contributed by atoms with Crippen LogP contribution in [0.3, 0.4) is 0 Å². The Kier molecular flexibility index (Phi) is 78.9. The fourth-order valence-electron chi connectivity index (χ4n) is 4.84. The van der Waals surface area contributed by atoms with Gasteiger partial charge in [0.2, 0.25) is 0 Å². The van der Waals surface area contributed by atoms with Gasteiger partial charge in [0.15, 0.2) is 0 Å². The quantitative estimate of drug-likeness (QED) is 0.0167. The third kappa shape index (κ3) is 66.7. The summed E-state index contributed by atoms with van der Waals surface area (Å²) in [7, 11) is 6.50. The number of thiol groups is 4. The Hall–Kier alpha value is 0.677. The van der Waals surface area contributed by atoms with Gasteiger partial charge >= 0.3 is 163 Å². The number of ether oxygens (including phenoxy) is 4. The standard InChI is InChI=1S/4C8H16O3S.4C4H9.H2O.2Sn/c4*1-6(11-2)3-4-7(5-12)8(9)10;4*1-3-4-2;;;/h4*6-7,12H,3-5H2,1-2H3,(H,9,10);4*1,3-4H2,2H3;1H2;;. The summed E-state index contributed by atoms with van der Waals surface area (Å²) in [4.78, 5) is 42.2. The predicted octanol–water partition coefficient (Wildman–Crippen LogP) is 11.2. The summed E-state index contributed by atoms with van der Waals surface area (Å²) < 4.78 is 26.5. The molecular weight excluding hydrogens is 1150 g/mol. The number of carboxylic acid groups (broad SMARTS) is 4. The first kappa shape index (κ1) is 81.7. The molecule has 13 nitrogen and oxygen atoms in total. The molecule has 0 aliphatic carbocycles. The van der Waals surface area contributed by atoms with Gasteiger partial charge in [-0.2, -0.15) is 50.5 Å². The van der Waals surface area contributed by atoms with Gasteiger partial charge in [0, 0.05) is 51.5 Å². The zero-order chi connectivity index (χ0) is 52.1. The molecule has 0 aromatic heterocycles. The molecule has 0 amide bonds. The molecule has 0 aromatic rings. The van der Waals surface area contributed by atoms with E-state index in [-0.39, 0.29) is 95.8 Å². The monoisotopic (exact) mass is 1250 g/mol. The summed E-state index contributed by atoms with van der Waals surface area (Å²) in [5, 5.41) is 34.7. The molecule has 0 saturated heterocycles.